The molecule has 0 amide bonds. The maximum Gasteiger partial charge on any atom is 0.0973 e. The molecular weight excluding hydrogens is 214 g/mol. The Morgan fingerprint density at radius 2 is 2.18 bits per heavy atom. The van der Waals surface area contributed by atoms with Gasteiger partial charge in [-0.25, -0.2) is 0 Å². The van der Waals surface area contributed by atoms with Crippen LogP contribution in [0.4, 0.5) is 0 Å². The molecule has 3 unspecified atom stereocenters. The average Bonchev–Trinajstić information content (AvgIpc) is 2.83. The summed E-state index contributed by atoms with van der Waals surface area (Å²) >= 11 is 0. The summed E-state index contributed by atoms with van der Waals surface area (Å²) in [6, 6.07) is 10.2. The van der Waals surface area contributed by atoms with Crippen LogP contribution in [0.3, 0.4) is 0 Å². The van der Waals surface area contributed by atoms with Crippen molar-refractivity contribution in [2.45, 2.75) is 25.5 Å². The first-order valence-electron chi connectivity index (χ1n) is 6.27. The van der Waals surface area contributed by atoms with Crippen molar-refractivity contribution in [2.24, 2.45) is 11.7 Å². The Balaban J connectivity index is 1.93. The predicted octanol–water partition coefficient (Wildman–Crippen LogP) is 2.13. The maximum atomic E-state index is 6.00. The van der Waals surface area contributed by atoms with Crippen molar-refractivity contribution in [2.75, 3.05) is 19.8 Å². The van der Waals surface area contributed by atoms with Crippen molar-refractivity contribution in [1.82, 2.24) is 0 Å². The fraction of sp³-hybridized carbons (Fsp3) is 0.571. The van der Waals surface area contributed by atoms with Gasteiger partial charge in [0.25, 0.3) is 0 Å². The number of hydrogen-bond acceptors (Lipinski definition) is 3. The molecule has 0 spiro atoms. The molecule has 0 aliphatic carbocycles. The minimum Gasteiger partial charge on any atom is -0.381 e. The lowest BCUT2D eigenvalue weighted by Gasteiger charge is -2.23. The third-order valence-electron chi connectivity index (χ3n) is 3.14. The first-order chi connectivity index (χ1) is 8.27. The maximum absolute atomic E-state index is 6.00. The third kappa shape index (κ3) is 3.53. The molecule has 1 aliphatic rings. The van der Waals surface area contributed by atoms with E-state index in [2.05, 4.69) is 12.1 Å². The van der Waals surface area contributed by atoms with Gasteiger partial charge in [0.15, 0.2) is 0 Å². The molecule has 0 saturated carbocycles. The van der Waals surface area contributed by atoms with Crippen LogP contribution in [0.2, 0.25) is 0 Å². The molecule has 1 saturated heterocycles. The van der Waals surface area contributed by atoms with Gasteiger partial charge in [-0.3, -0.25) is 0 Å². The van der Waals surface area contributed by atoms with Crippen molar-refractivity contribution in [3.05, 3.63) is 35.9 Å². The van der Waals surface area contributed by atoms with Gasteiger partial charge < -0.3 is 15.2 Å². The van der Waals surface area contributed by atoms with E-state index in [4.69, 9.17) is 15.2 Å². The topological polar surface area (TPSA) is 44.5 Å². The summed E-state index contributed by atoms with van der Waals surface area (Å²) in [7, 11) is 0. The van der Waals surface area contributed by atoms with E-state index in [1.54, 1.807) is 0 Å². The highest BCUT2D eigenvalue weighted by atomic mass is 16.5. The predicted molar refractivity (Wildman–Crippen MR) is 67.7 cm³/mol. The van der Waals surface area contributed by atoms with Crippen molar-refractivity contribution >= 4 is 0 Å². The van der Waals surface area contributed by atoms with E-state index in [-0.39, 0.29) is 12.1 Å². The van der Waals surface area contributed by atoms with Gasteiger partial charge in [0.05, 0.1) is 19.3 Å². The van der Waals surface area contributed by atoms with E-state index >= 15 is 0 Å². The van der Waals surface area contributed by atoms with Crippen molar-refractivity contribution in [3.63, 3.8) is 0 Å². The SMILES string of the molecule is CC(N)C(OCC1CCOC1)c1ccccc1. The van der Waals surface area contributed by atoms with Gasteiger partial charge in [0.1, 0.15) is 0 Å². The second-order valence-corrected chi connectivity index (χ2v) is 4.75. The summed E-state index contributed by atoms with van der Waals surface area (Å²) in [5, 5.41) is 0. The molecule has 0 radical (unpaired) electrons. The van der Waals surface area contributed by atoms with Crippen LogP contribution >= 0.6 is 0 Å². The number of ether oxygens (including phenoxy) is 2. The smallest absolute Gasteiger partial charge is 0.0973 e. The van der Waals surface area contributed by atoms with Gasteiger partial charge in [0.2, 0.25) is 0 Å². The number of hydrogen-bond donors (Lipinski definition) is 1. The molecule has 1 fully saturated rings. The van der Waals surface area contributed by atoms with Crippen LogP contribution in [0.5, 0.6) is 0 Å². The van der Waals surface area contributed by atoms with E-state index in [9.17, 15) is 0 Å². The van der Waals surface area contributed by atoms with Crippen LogP contribution in [0, 0.1) is 5.92 Å². The lowest BCUT2D eigenvalue weighted by molar-refractivity contribution is 0.0134. The summed E-state index contributed by atoms with van der Waals surface area (Å²) in [6.07, 6.45) is 1.08. The molecule has 1 aromatic rings. The number of nitrogens with two attached hydrogens (primary N) is 1. The van der Waals surface area contributed by atoms with Gasteiger partial charge in [-0.2, -0.15) is 0 Å². The molecule has 94 valence electrons. The molecule has 3 nitrogen and oxygen atoms in total. The molecule has 2 rings (SSSR count). The molecule has 3 heteroatoms. The molecule has 1 aromatic carbocycles. The second-order valence-electron chi connectivity index (χ2n) is 4.75. The van der Waals surface area contributed by atoms with Crippen LogP contribution in [-0.4, -0.2) is 25.9 Å². The Morgan fingerprint density at radius 3 is 2.76 bits per heavy atom. The zero-order valence-electron chi connectivity index (χ0n) is 10.3. The third-order valence-corrected chi connectivity index (χ3v) is 3.14. The van der Waals surface area contributed by atoms with E-state index in [1.807, 2.05) is 25.1 Å². The molecule has 1 heterocycles. The lowest BCUT2D eigenvalue weighted by atomic mass is 10.0. The zero-order chi connectivity index (χ0) is 12.1. The Bertz CT molecular complexity index is 320. The van der Waals surface area contributed by atoms with Crippen LogP contribution in [0.25, 0.3) is 0 Å². The molecule has 3 atom stereocenters. The Morgan fingerprint density at radius 1 is 1.41 bits per heavy atom. The Hall–Kier alpha value is -0.900. The fourth-order valence-electron chi connectivity index (χ4n) is 2.15. The van der Waals surface area contributed by atoms with Crippen LogP contribution in [0.15, 0.2) is 30.3 Å². The fourth-order valence-corrected chi connectivity index (χ4v) is 2.15. The van der Waals surface area contributed by atoms with Crippen LogP contribution < -0.4 is 5.73 Å². The highest BCUT2D eigenvalue weighted by Gasteiger charge is 2.21. The standard InChI is InChI=1S/C14H21NO2/c1-11(15)14(13-5-3-2-4-6-13)17-10-12-7-8-16-9-12/h2-6,11-12,14H,7-10,15H2,1H3. The van der Waals surface area contributed by atoms with Gasteiger partial charge in [-0.15, -0.1) is 0 Å². The summed E-state index contributed by atoms with van der Waals surface area (Å²) < 4.78 is 11.3. The Labute approximate surface area is 103 Å². The van der Waals surface area contributed by atoms with Crippen molar-refractivity contribution in [1.29, 1.82) is 0 Å². The lowest BCUT2D eigenvalue weighted by Crippen LogP contribution is -2.28. The first-order valence-corrected chi connectivity index (χ1v) is 6.27. The summed E-state index contributed by atoms with van der Waals surface area (Å²) in [5.74, 6) is 0.528. The van der Waals surface area contributed by atoms with Gasteiger partial charge in [-0.05, 0) is 18.9 Å². The Kier molecular flexibility index (Phi) is 4.54. The molecule has 2 N–H and O–H groups in total. The first kappa shape index (κ1) is 12.6. The molecule has 17 heavy (non-hydrogen) atoms. The zero-order valence-corrected chi connectivity index (χ0v) is 10.3. The van der Waals surface area contributed by atoms with Gasteiger partial charge in [-0.1, -0.05) is 30.3 Å². The van der Waals surface area contributed by atoms with Crippen LogP contribution in [0.1, 0.15) is 25.0 Å². The highest BCUT2D eigenvalue weighted by Crippen LogP contribution is 2.22. The molecule has 0 aromatic heterocycles. The monoisotopic (exact) mass is 235 g/mol. The van der Waals surface area contributed by atoms with Crippen LogP contribution in [-0.2, 0) is 9.47 Å². The molecular formula is C14H21NO2. The summed E-state index contributed by atoms with van der Waals surface area (Å²) in [5.41, 5.74) is 7.15. The van der Waals surface area contributed by atoms with E-state index in [0.717, 1.165) is 31.8 Å². The minimum atomic E-state index is -0.0169. The summed E-state index contributed by atoms with van der Waals surface area (Å²) in [4.78, 5) is 0. The summed E-state index contributed by atoms with van der Waals surface area (Å²) in [6.45, 7) is 4.41. The second kappa shape index (κ2) is 6.15. The number of rotatable bonds is 5. The minimum absolute atomic E-state index is 0.000258. The molecule has 0 bridgehead atoms. The van der Waals surface area contributed by atoms with Gasteiger partial charge in [0, 0.05) is 18.6 Å². The quantitative estimate of drug-likeness (QED) is 0.850. The van der Waals surface area contributed by atoms with Crippen molar-refractivity contribution in [3.8, 4) is 0 Å². The number of benzene rings is 1. The van der Waals surface area contributed by atoms with E-state index < -0.39 is 0 Å². The average molecular weight is 235 g/mol. The highest BCUT2D eigenvalue weighted by molar-refractivity contribution is 5.18. The largest absolute Gasteiger partial charge is 0.381 e. The van der Waals surface area contributed by atoms with E-state index in [1.165, 1.54) is 0 Å². The van der Waals surface area contributed by atoms with Crippen molar-refractivity contribution < 1.29 is 9.47 Å². The molecule has 1 aliphatic heterocycles. The normalized spacial score (nSPS) is 23.5. The van der Waals surface area contributed by atoms with E-state index in [0.29, 0.717) is 5.92 Å². The van der Waals surface area contributed by atoms with Gasteiger partial charge >= 0.3 is 0 Å².